The van der Waals surface area contributed by atoms with Crippen LogP contribution in [0, 0.1) is 11.3 Å². The summed E-state index contributed by atoms with van der Waals surface area (Å²) in [6.45, 7) is 0. The Morgan fingerprint density at radius 2 is 1.71 bits per heavy atom. The van der Waals surface area contributed by atoms with Crippen molar-refractivity contribution < 1.29 is 14.6 Å². The van der Waals surface area contributed by atoms with Gasteiger partial charge < -0.3 is 14.6 Å². The van der Waals surface area contributed by atoms with Crippen molar-refractivity contribution in [3.63, 3.8) is 0 Å². The molecule has 0 amide bonds. The molecule has 0 fully saturated rings. The van der Waals surface area contributed by atoms with Gasteiger partial charge in [0, 0.05) is 11.6 Å². The van der Waals surface area contributed by atoms with Gasteiger partial charge in [0.1, 0.15) is 23.3 Å². The van der Waals surface area contributed by atoms with Crippen molar-refractivity contribution in [2.45, 2.75) is 0 Å². The summed E-state index contributed by atoms with van der Waals surface area (Å²) in [4.78, 5) is 0. The molecule has 4 heteroatoms. The van der Waals surface area contributed by atoms with Crippen LogP contribution in [-0.4, -0.2) is 19.3 Å². The minimum atomic E-state index is -0.0221. The molecule has 0 heterocycles. The highest BCUT2D eigenvalue weighted by atomic mass is 16.5. The van der Waals surface area contributed by atoms with Crippen LogP contribution >= 0.6 is 0 Å². The Bertz CT molecular complexity index is 692. The largest absolute Gasteiger partial charge is 0.506 e. The molecule has 0 atom stereocenters. The number of rotatable bonds is 4. The van der Waals surface area contributed by atoms with E-state index in [1.165, 1.54) is 0 Å². The number of hydrogen-bond acceptors (Lipinski definition) is 4. The zero-order valence-corrected chi connectivity index (χ0v) is 11.8. The molecule has 1 N–H and O–H groups in total. The number of phenols is 1. The van der Waals surface area contributed by atoms with Crippen LogP contribution in [0.3, 0.4) is 0 Å². The van der Waals surface area contributed by atoms with E-state index in [0.29, 0.717) is 17.1 Å². The van der Waals surface area contributed by atoms with E-state index in [2.05, 4.69) is 0 Å². The molecule has 106 valence electrons. The topological polar surface area (TPSA) is 62.5 Å². The molecule has 0 saturated heterocycles. The molecular weight excluding hydrogens is 266 g/mol. The molecule has 2 aromatic carbocycles. The Balaban J connectivity index is 2.36. The Morgan fingerprint density at radius 3 is 2.29 bits per heavy atom. The summed E-state index contributed by atoms with van der Waals surface area (Å²) >= 11 is 0. The van der Waals surface area contributed by atoms with Gasteiger partial charge in [0.15, 0.2) is 0 Å². The van der Waals surface area contributed by atoms with Gasteiger partial charge in [-0.3, -0.25) is 0 Å². The molecular formula is C17H15NO3. The van der Waals surface area contributed by atoms with E-state index in [9.17, 15) is 5.11 Å². The van der Waals surface area contributed by atoms with E-state index in [1.54, 1.807) is 44.6 Å². The normalized spacial score (nSPS) is 10.3. The van der Waals surface area contributed by atoms with Gasteiger partial charge in [-0.2, -0.15) is 5.26 Å². The number of nitrogens with zero attached hydrogens (tertiary/aromatic N) is 1. The van der Waals surface area contributed by atoms with Crippen LogP contribution < -0.4 is 9.47 Å². The summed E-state index contributed by atoms with van der Waals surface area (Å²) in [6.07, 6.45) is 3.56. The van der Waals surface area contributed by atoms with Gasteiger partial charge >= 0.3 is 0 Å². The molecule has 0 bridgehead atoms. The number of phenolic OH excluding ortho intramolecular Hbond substituents is 1. The number of ether oxygens (including phenoxy) is 2. The van der Waals surface area contributed by atoms with Crippen LogP contribution in [0.1, 0.15) is 16.7 Å². The van der Waals surface area contributed by atoms with Crippen molar-refractivity contribution >= 4 is 12.2 Å². The van der Waals surface area contributed by atoms with E-state index < -0.39 is 0 Å². The van der Waals surface area contributed by atoms with Crippen molar-refractivity contribution in [1.29, 1.82) is 5.26 Å². The predicted octanol–water partition coefficient (Wildman–Crippen LogP) is 3.45. The first-order valence-corrected chi connectivity index (χ1v) is 6.31. The average molecular weight is 281 g/mol. The first-order chi connectivity index (χ1) is 10.2. The van der Waals surface area contributed by atoms with Crippen LogP contribution in [-0.2, 0) is 0 Å². The lowest BCUT2D eigenvalue weighted by Crippen LogP contribution is -1.88. The number of methoxy groups -OCH3 is 2. The Labute approximate surface area is 123 Å². The van der Waals surface area contributed by atoms with Crippen molar-refractivity contribution in [2.75, 3.05) is 14.2 Å². The fraction of sp³-hybridized carbons (Fsp3) is 0.118. The molecule has 0 aliphatic heterocycles. The molecule has 0 saturated carbocycles. The van der Waals surface area contributed by atoms with Crippen molar-refractivity contribution in [3.8, 4) is 23.3 Å². The van der Waals surface area contributed by atoms with Crippen LogP contribution in [0.2, 0.25) is 0 Å². The molecule has 0 spiro atoms. The maximum Gasteiger partial charge on any atom is 0.140 e. The average Bonchev–Trinajstić information content (AvgIpc) is 2.53. The van der Waals surface area contributed by atoms with Crippen LogP contribution in [0.4, 0.5) is 0 Å². The number of nitriles is 1. The Kier molecular flexibility index (Phi) is 4.47. The standard InChI is InChI=1S/C17H15NO3/c1-20-15-8-12(9-16(10-15)21-2)6-7-13-4-3-5-14(11-18)17(13)19/h3-10,19H,1-2H3/b7-6+. The fourth-order valence-electron chi connectivity index (χ4n) is 1.90. The monoisotopic (exact) mass is 281 g/mol. The number of benzene rings is 2. The Morgan fingerprint density at radius 1 is 1.05 bits per heavy atom. The highest BCUT2D eigenvalue weighted by molar-refractivity contribution is 5.74. The SMILES string of the molecule is COc1cc(/C=C/c2cccc(C#N)c2O)cc(OC)c1. The molecule has 4 nitrogen and oxygen atoms in total. The summed E-state index contributed by atoms with van der Waals surface area (Å²) in [5.41, 5.74) is 1.70. The van der Waals surface area contributed by atoms with Crippen molar-refractivity contribution in [1.82, 2.24) is 0 Å². The zero-order valence-electron chi connectivity index (χ0n) is 11.8. The van der Waals surface area contributed by atoms with Gasteiger partial charge in [-0.15, -0.1) is 0 Å². The molecule has 2 rings (SSSR count). The highest BCUT2D eigenvalue weighted by Crippen LogP contribution is 2.26. The summed E-state index contributed by atoms with van der Waals surface area (Å²) < 4.78 is 10.4. The lowest BCUT2D eigenvalue weighted by Gasteiger charge is -2.06. The van der Waals surface area contributed by atoms with Gasteiger partial charge in [-0.25, -0.2) is 0 Å². The second kappa shape index (κ2) is 6.49. The van der Waals surface area contributed by atoms with E-state index in [-0.39, 0.29) is 11.3 Å². The van der Waals surface area contributed by atoms with E-state index >= 15 is 0 Å². The Hall–Kier alpha value is -2.93. The lowest BCUT2D eigenvalue weighted by molar-refractivity contribution is 0.394. The lowest BCUT2D eigenvalue weighted by atomic mass is 10.1. The first kappa shape index (κ1) is 14.5. The second-order valence-electron chi connectivity index (χ2n) is 4.33. The molecule has 21 heavy (non-hydrogen) atoms. The molecule has 0 aromatic heterocycles. The van der Waals surface area contributed by atoms with E-state index in [1.807, 2.05) is 24.3 Å². The number of para-hydroxylation sites is 1. The van der Waals surface area contributed by atoms with Crippen molar-refractivity contribution in [2.24, 2.45) is 0 Å². The number of aromatic hydroxyl groups is 1. The maximum absolute atomic E-state index is 9.95. The minimum absolute atomic E-state index is 0.0221. The molecule has 2 aromatic rings. The summed E-state index contributed by atoms with van der Waals surface area (Å²) in [5.74, 6) is 1.35. The molecule has 0 aliphatic rings. The predicted molar refractivity (Wildman–Crippen MR) is 81.3 cm³/mol. The van der Waals surface area contributed by atoms with Gasteiger partial charge in [-0.1, -0.05) is 24.3 Å². The first-order valence-electron chi connectivity index (χ1n) is 6.31. The van der Waals surface area contributed by atoms with Crippen LogP contribution in [0.25, 0.3) is 12.2 Å². The summed E-state index contributed by atoms with van der Waals surface area (Å²) in [5, 5.41) is 18.8. The number of hydrogen-bond donors (Lipinski definition) is 1. The maximum atomic E-state index is 9.95. The zero-order chi connectivity index (χ0) is 15.2. The third kappa shape index (κ3) is 3.34. The van der Waals surface area contributed by atoms with Gasteiger partial charge in [0.2, 0.25) is 0 Å². The third-order valence-electron chi connectivity index (χ3n) is 3.02. The van der Waals surface area contributed by atoms with Crippen molar-refractivity contribution in [3.05, 3.63) is 53.1 Å². The quantitative estimate of drug-likeness (QED) is 0.872. The molecule has 0 radical (unpaired) electrons. The van der Waals surface area contributed by atoms with E-state index in [4.69, 9.17) is 14.7 Å². The van der Waals surface area contributed by atoms with Gasteiger partial charge in [0.05, 0.1) is 19.8 Å². The van der Waals surface area contributed by atoms with Crippen LogP contribution in [0.5, 0.6) is 17.2 Å². The highest BCUT2D eigenvalue weighted by Gasteiger charge is 2.04. The van der Waals surface area contributed by atoms with Gasteiger partial charge in [0.25, 0.3) is 0 Å². The molecule has 0 unspecified atom stereocenters. The smallest absolute Gasteiger partial charge is 0.140 e. The minimum Gasteiger partial charge on any atom is -0.506 e. The fourth-order valence-corrected chi connectivity index (χ4v) is 1.90. The second-order valence-corrected chi connectivity index (χ2v) is 4.33. The summed E-state index contributed by atoms with van der Waals surface area (Å²) in [6, 6.07) is 12.5. The molecule has 0 aliphatic carbocycles. The van der Waals surface area contributed by atoms with Crippen LogP contribution in [0.15, 0.2) is 36.4 Å². The van der Waals surface area contributed by atoms with E-state index in [0.717, 1.165) is 5.56 Å². The third-order valence-corrected chi connectivity index (χ3v) is 3.02. The summed E-state index contributed by atoms with van der Waals surface area (Å²) in [7, 11) is 3.18. The van der Waals surface area contributed by atoms with Gasteiger partial charge in [-0.05, 0) is 23.8 Å².